The normalized spacial score (nSPS) is 12.6. The average Bonchev–Trinajstić information content (AvgIpc) is 2.36. The fourth-order valence-electron chi connectivity index (χ4n) is 1.33. The fourth-order valence-corrected chi connectivity index (χ4v) is 1.33. The van der Waals surface area contributed by atoms with Gasteiger partial charge < -0.3 is 30.6 Å². The van der Waals surface area contributed by atoms with Gasteiger partial charge in [0.05, 0.1) is 0 Å². The molecule has 0 aromatic rings. The van der Waals surface area contributed by atoms with E-state index in [4.69, 9.17) is 19.9 Å². The summed E-state index contributed by atoms with van der Waals surface area (Å²) in [7, 11) is 0. The first-order valence-electron chi connectivity index (χ1n) is 7.61. The Balaban J connectivity index is 4.34. The number of amides is 3. The third kappa shape index (κ3) is 12.6. The second kappa shape index (κ2) is 9.09. The molecule has 0 rings (SSSR count). The average molecular weight is 361 g/mol. The minimum atomic E-state index is -1.26. The molecule has 0 aromatic heterocycles. The number of carbonyl (C=O) groups excluding carboxylic acids is 4. The zero-order valence-corrected chi connectivity index (χ0v) is 15.4. The van der Waals surface area contributed by atoms with Crippen LogP contribution in [0.5, 0.6) is 0 Å². The molecule has 1 atom stereocenters. The van der Waals surface area contributed by atoms with Gasteiger partial charge in [0.25, 0.3) is 0 Å². The van der Waals surface area contributed by atoms with E-state index >= 15 is 0 Å². The van der Waals surface area contributed by atoms with Crippen molar-refractivity contribution < 1.29 is 33.4 Å². The van der Waals surface area contributed by atoms with E-state index in [2.05, 4.69) is 10.6 Å². The van der Waals surface area contributed by atoms with Gasteiger partial charge >= 0.3 is 18.2 Å². The van der Waals surface area contributed by atoms with Gasteiger partial charge in [0.2, 0.25) is 5.91 Å². The van der Waals surface area contributed by atoms with Crippen LogP contribution in [0.15, 0.2) is 0 Å². The SMILES string of the molecule is CC(C)(C)OC(=O)NCC(=O)OC[C@H](NC(=O)OC(C)(C)C)C(N)=O. The van der Waals surface area contributed by atoms with Crippen LogP contribution in [0.25, 0.3) is 0 Å². The summed E-state index contributed by atoms with van der Waals surface area (Å²) in [6.07, 6.45) is -1.66. The maximum absolute atomic E-state index is 11.6. The van der Waals surface area contributed by atoms with Crippen molar-refractivity contribution in [2.45, 2.75) is 58.8 Å². The van der Waals surface area contributed by atoms with Gasteiger partial charge in [0.1, 0.15) is 30.4 Å². The van der Waals surface area contributed by atoms with Crippen LogP contribution in [0, 0.1) is 0 Å². The molecule has 0 aromatic carbocycles. The summed E-state index contributed by atoms with van der Waals surface area (Å²) in [6, 6.07) is -1.26. The molecule has 0 heterocycles. The van der Waals surface area contributed by atoms with Gasteiger partial charge in [-0.1, -0.05) is 0 Å². The molecule has 0 saturated carbocycles. The highest BCUT2D eigenvalue weighted by molar-refractivity contribution is 5.85. The van der Waals surface area contributed by atoms with E-state index in [0.717, 1.165) is 0 Å². The minimum absolute atomic E-state index is 0.465. The summed E-state index contributed by atoms with van der Waals surface area (Å²) in [5, 5.41) is 4.40. The third-order valence-electron chi connectivity index (χ3n) is 2.22. The molecule has 10 heteroatoms. The summed E-state index contributed by atoms with van der Waals surface area (Å²) in [6.45, 7) is 8.99. The van der Waals surface area contributed by atoms with Crippen LogP contribution in [0.4, 0.5) is 9.59 Å². The van der Waals surface area contributed by atoms with Crippen LogP contribution in [-0.4, -0.2) is 54.5 Å². The molecule has 144 valence electrons. The molecule has 25 heavy (non-hydrogen) atoms. The summed E-state index contributed by atoms with van der Waals surface area (Å²) >= 11 is 0. The quantitative estimate of drug-likeness (QED) is 0.459. The van der Waals surface area contributed by atoms with Crippen LogP contribution in [-0.2, 0) is 23.8 Å². The highest BCUT2D eigenvalue weighted by Gasteiger charge is 2.24. The van der Waals surface area contributed by atoms with Crippen molar-refractivity contribution in [3.05, 3.63) is 0 Å². The number of nitrogens with one attached hydrogen (secondary N) is 2. The molecular weight excluding hydrogens is 334 g/mol. The predicted molar refractivity (Wildman–Crippen MR) is 87.5 cm³/mol. The van der Waals surface area contributed by atoms with Crippen molar-refractivity contribution in [1.82, 2.24) is 10.6 Å². The van der Waals surface area contributed by atoms with Crippen LogP contribution in [0.3, 0.4) is 0 Å². The summed E-state index contributed by atoms with van der Waals surface area (Å²) < 4.78 is 14.7. The Bertz CT molecular complexity index is 506. The van der Waals surface area contributed by atoms with Crippen LogP contribution < -0.4 is 16.4 Å². The van der Waals surface area contributed by atoms with Crippen molar-refractivity contribution in [2.24, 2.45) is 5.73 Å². The Morgan fingerprint density at radius 1 is 0.920 bits per heavy atom. The Hall–Kier alpha value is -2.52. The first-order chi connectivity index (χ1) is 11.2. The third-order valence-corrected chi connectivity index (χ3v) is 2.22. The maximum Gasteiger partial charge on any atom is 0.408 e. The predicted octanol–water partition coefficient (Wildman–Crippen LogP) is 0.433. The molecule has 0 aliphatic heterocycles. The van der Waals surface area contributed by atoms with Gasteiger partial charge in [0, 0.05) is 0 Å². The van der Waals surface area contributed by atoms with E-state index < -0.39 is 54.5 Å². The van der Waals surface area contributed by atoms with E-state index in [-0.39, 0.29) is 0 Å². The molecule has 0 fully saturated rings. The molecule has 4 N–H and O–H groups in total. The van der Waals surface area contributed by atoms with Crippen LogP contribution in [0.1, 0.15) is 41.5 Å². The molecule has 0 aliphatic carbocycles. The lowest BCUT2D eigenvalue weighted by molar-refractivity contribution is -0.144. The highest BCUT2D eigenvalue weighted by atomic mass is 16.6. The second-order valence-corrected chi connectivity index (χ2v) is 7.14. The summed E-state index contributed by atoms with van der Waals surface area (Å²) in [5.74, 6) is -1.73. The van der Waals surface area contributed by atoms with E-state index in [1.54, 1.807) is 41.5 Å². The number of nitrogens with two attached hydrogens (primary N) is 1. The Morgan fingerprint density at radius 2 is 1.40 bits per heavy atom. The molecule has 0 bridgehead atoms. The zero-order chi connectivity index (χ0) is 19.8. The largest absolute Gasteiger partial charge is 0.462 e. The van der Waals surface area contributed by atoms with Crippen molar-refractivity contribution in [3.8, 4) is 0 Å². The lowest BCUT2D eigenvalue weighted by Gasteiger charge is -2.22. The minimum Gasteiger partial charge on any atom is -0.462 e. The second-order valence-electron chi connectivity index (χ2n) is 7.14. The van der Waals surface area contributed by atoms with Gasteiger partial charge in [0.15, 0.2) is 0 Å². The Kier molecular flexibility index (Phi) is 8.17. The van der Waals surface area contributed by atoms with E-state index in [9.17, 15) is 19.2 Å². The van der Waals surface area contributed by atoms with Crippen molar-refractivity contribution >= 4 is 24.1 Å². The first kappa shape index (κ1) is 22.5. The lowest BCUT2D eigenvalue weighted by Crippen LogP contribution is -2.49. The molecule has 0 aliphatic rings. The topological polar surface area (TPSA) is 146 Å². The summed E-state index contributed by atoms with van der Waals surface area (Å²) in [5.41, 5.74) is 3.67. The van der Waals surface area contributed by atoms with E-state index in [1.807, 2.05) is 0 Å². The smallest absolute Gasteiger partial charge is 0.408 e. The van der Waals surface area contributed by atoms with Crippen LogP contribution in [0.2, 0.25) is 0 Å². The fraction of sp³-hybridized carbons (Fsp3) is 0.733. The van der Waals surface area contributed by atoms with Crippen LogP contribution >= 0.6 is 0 Å². The molecule has 10 nitrogen and oxygen atoms in total. The first-order valence-corrected chi connectivity index (χ1v) is 7.61. The van der Waals surface area contributed by atoms with E-state index in [1.165, 1.54) is 0 Å². The standard InChI is InChI=1S/C15H27N3O7/c1-14(2,3)24-12(21)17-7-10(19)23-8-9(11(16)20)18-13(22)25-15(4,5)6/h9H,7-8H2,1-6H3,(H2,16,20)(H,17,21)(H,18,22)/t9-/m0/s1. The number of rotatable bonds is 6. The molecule has 0 unspecified atom stereocenters. The number of primary amides is 1. The number of esters is 1. The number of hydrogen-bond acceptors (Lipinski definition) is 7. The number of carbonyl (C=O) groups is 4. The monoisotopic (exact) mass is 361 g/mol. The molecule has 0 saturated heterocycles. The van der Waals surface area contributed by atoms with Gasteiger partial charge in [-0.05, 0) is 41.5 Å². The highest BCUT2D eigenvalue weighted by Crippen LogP contribution is 2.07. The number of alkyl carbamates (subject to hydrolysis) is 2. The molecule has 3 amide bonds. The van der Waals surface area contributed by atoms with Gasteiger partial charge in [-0.15, -0.1) is 0 Å². The lowest BCUT2D eigenvalue weighted by atomic mass is 10.2. The van der Waals surface area contributed by atoms with Gasteiger partial charge in [-0.2, -0.15) is 0 Å². The Morgan fingerprint density at radius 3 is 1.84 bits per heavy atom. The number of hydrogen-bond donors (Lipinski definition) is 3. The van der Waals surface area contributed by atoms with Crippen molar-refractivity contribution in [2.75, 3.05) is 13.2 Å². The van der Waals surface area contributed by atoms with Crippen molar-refractivity contribution in [1.29, 1.82) is 0 Å². The van der Waals surface area contributed by atoms with Gasteiger partial charge in [-0.3, -0.25) is 9.59 Å². The molecular formula is C15H27N3O7. The molecule has 0 radical (unpaired) electrons. The Labute approximate surface area is 146 Å². The van der Waals surface area contributed by atoms with Crippen molar-refractivity contribution in [3.63, 3.8) is 0 Å². The summed E-state index contributed by atoms with van der Waals surface area (Å²) in [4.78, 5) is 45.9. The zero-order valence-electron chi connectivity index (χ0n) is 15.4. The maximum atomic E-state index is 11.6. The molecule has 0 spiro atoms. The van der Waals surface area contributed by atoms with Gasteiger partial charge in [-0.25, -0.2) is 9.59 Å². The number of ether oxygens (including phenoxy) is 3. The van der Waals surface area contributed by atoms with E-state index in [0.29, 0.717) is 0 Å².